The molecule has 0 saturated heterocycles. The molecule has 0 saturated carbocycles. The lowest BCUT2D eigenvalue weighted by atomic mass is 10.2. The predicted octanol–water partition coefficient (Wildman–Crippen LogP) is 2.44. The molecule has 1 aliphatic heterocycles. The van der Waals surface area contributed by atoms with Gasteiger partial charge in [0.25, 0.3) is 5.84 Å². The van der Waals surface area contributed by atoms with Gasteiger partial charge in [-0.2, -0.15) is 10.7 Å². The molecule has 12 heteroatoms. The van der Waals surface area contributed by atoms with Gasteiger partial charge in [-0.1, -0.05) is 58.1 Å². The van der Waals surface area contributed by atoms with Crippen LogP contribution in [-0.2, 0) is 9.84 Å². The van der Waals surface area contributed by atoms with Gasteiger partial charge < -0.3 is 12.4 Å². The number of amidine groups is 1. The number of hydrazine groups is 1. The zero-order chi connectivity index (χ0) is 26.2. The lowest BCUT2D eigenvalue weighted by Gasteiger charge is -2.24. The summed E-state index contributed by atoms with van der Waals surface area (Å²) in [5.41, 5.74) is 4.05. The van der Waals surface area contributed by atoms with E-state index < -0.39 is 9.84 Å². The van der Waals surface area contributed by atoms with E-state index in [9.17, 15) is 13.7 Å². The summed E-state index contributed by atoms with van der Waals surface area (Å²) in [7, 11) is -3.67. The third-order valence-electron chi connectivity index (χ3n) is 5.62. The average Bonchev–Trinajstić information content (AvgIpc) is 3.36. The molecule has 2 N–H and O–H groups in total. The molecular formula is C26H17Cl4N5O2S. The van der Waals surface area contributed by atoms with E-state index in [1.165, 1.54) is 0 Å². The molecule has 5 rings (SSSR count). The van der Waals surface area contributed by atoms with Crippen molar-refractivity contribution in [1.29, 1.82) is 5.26 Å². The normalized spacial score (nSPS) is 13.1. The number of rotatable bonds is 5. The number of nitriles is 1. The number of nitrogens with two attached hydrogens (primary N) is 1. The van der Waals surface area contributed by atoms with E-state index in [0.717, 1.165) is 5.56 Å². The predicted molar refractivity (Wildman–Crippen MR) is 144 cm³/mol. The second-order valence-electron chi connectivity index (χ2n) is 7.97. The van der Waals surface area contributed by atoms with Crippen LogP contribution in [0.4, 0.5) is 11.4 Å². The second kappa shape index (κ2) is 11.2. The Morgan fingerprint density at radius 3 is 2.11 bits per heavy atom. The maximum Gasteiger partial charge on any atom is 0.277 e. The number of hydrogen-bond donors (Lipinski definition) is 1. The molecular weight excluding hydrogens is 588 g/mol. The Morgan fingerprint density at radius 1 is 0.789 bits per heavy atom. The lowest BCUT2D eigenvalue weighted by molar-refractivity contribution is -0.545. The maximum atomic E-state index is 13.0. The number of benzene rings is 4. The molecule has 0 bridgehead atoms. The summed E-state index contributed by atoms with van der Waals surface area (Å²) >= 11 is 18.8. The van der Waals surface area contributed by atoms with Gasteiger partial charge >= 0.3 is 0 Å². The summed E-state index contributed by atoms with van der Waals surface area (Å²) in [5.74, 6) is 0.569. The monoisotopic (exact) mass is 603 g/mol. The number of sulfone groups is 1. The minimum absolute atomic E-state index is 0. The van der Waals surface area contributed by atoms with Crippen LogP contribution in [0.1, 0.15) is 11.1 Å². The third-order valence-corrected chi connectivity index (χ3v) is 8.45. The minimum atomic E-state index is -3.67. The van der Waals surface area contributed by atoms with Crippen LogP contribution in [0.5, 0.6) is 0 Å². The Kier molecular flexibility index (Phi) is 8.19. The maximum absolute atomic E-state index is 13.0. The third kappa shape index (κ3) is 5.31. The molecule has 0 unspecified atom stereocenters. The highest BCUT2D eigenvalue weighted by molar-refractivity contribution is 7.91. The van der Waals surface area contributed by atoms with Crippen LogP contribution in [0.25, 0.3) is 0 Å². The highest BCUT2D eigenvalue weighted by Gasteiger charge is 2.33. The number of anilines is 2. The zero-order valence-electron chi connectivity index (χ0n) is 19.3. The van der Waals surface area contributed by atoms with Gasteiger partial charge in [-0.3, -0.25) is 0 Å². The molecule has 1 aliphatic rings. The zero-order valence-corrected chi connectivity index (χ0v) is 23.1. The molecule has 38 heavy (non-hydrogen) atoms. The number of nitrogens with zero attached hydrogens (tertiary/aromatic N) is 4. The van der Waals surface area contributed by atoms with Crippen LogP contribution in [-0.4, -0.2) is 14.3 Å². The highest BCUT2D eigenvalue weighted by atomic mass is 35.5. The smallest absolute Gasteiger partial charge is 0.277 e. The van der Waals surface area contributed by atoms with Crippen molar-refractivity contribution < 1.29 is 26.3 Å². The van der Waals surface area contributed by atoms with Crippen molar-refractivity contribution >= 4 is 61.9 Å². The fraction of sp³-hybridized carbons (Fsp3) is 0. The van der Waals surface area contributed by atoms with Crippen molar-refractivity contribution in [3.63, 3.8) is 0 Å². The van der Waals surface area contributed by atoms with E-state index in [4.69, 9.17) is 39.9 Å². The Hall–Kier alpha value is -3.29. The minimum Gasteiger partial charge on any atom is -1.00 e. The van der Waals surface area contributed by atoms with Crippen molar-refractivity contribution in [1.82, 2.24) is 0 Å². The Bertz CT molecular complexity index is 1670. The molecule has 0 aromatic heterocycles. The van der Waals surface area contributed by atoms with Crippen molar-refractivity contribution in [3.05, 3.63) is 117 Å². The van der Waals surface area contributed by atoms with Gasteiger partial charge in [0.2, 0.25) is 9.84 Å². The number of hydrogen-bond acceptors (Lipinski definition) is 6. The Balaban J connectivity index is 0.00000336. The molecule has 0 radical (unpaired) electrons. The van der Waals surface area contributed by atoms with Crippen LogP contribution in [0.2, 0.25) is 15.1 Å². The summed E-state index contributed by atoms with van der Waals surface area (Å²) in [6.07, 6.45) is 0. The van der Waals surface area contributed by atoms with Gasteiger partial charge in [-0.25, -0.2) is 8.42 Å². The quantitative estimate of drug-likeness (QED) is 0.353. The standard InChI is InChI=1S/C26H16Cl3N5O2S.ClH/c27-22-12-7-18(15-23(22)28)26-31-33(34(32-26)25-13-6-17(16-30)14-24(25)29)19-8-10-21(11-9-19)37(35,36)20-4-2-1-3-5-20;/h1-15H,(H,31,32);1H. The summed E-state index contributed by atoms with van der Waals surface area (Å²) in [4.78, 5) is 0.377. The summed E-state index contributed by atoms with van der Waals surface area (Å²) in [5, 5.41) is 18.4. The van der Waals surface area contributed by atoms with Crippen LogP contribution in [0, 0.1) is 11.3 Å². The molecule has 0 aliphatic carbocycles. The largest absolute Gasteiger partial charge is 1.00 e. The van der Waals surface area contributed by atoms with Gasteiger partial charge in [0.15, 0.2) is 0 Å². The van der Waals surface area contributed by atoms with Crippen molar-refractivity contribution in [3.8, 4) is 6.07 Å². The molecule has 7 nitrogen and oxygen atoms in total. The van der Waals surface area contributed by atoms with Gasteiger partial charge in [-0.05, 0) is 72.8 Å². The lowest BCUT2D eigenvalue weighted by Crippen LogP contribution is -3.00. The van der Waals surface area contributed by atoms with E-state index in [-0.39, 0.29) is 22.2 Å². The molecule has 0 spiro atoms. The van der Waals surface area contributed by atoms with Gasteiger partial charge in [0.05, 0.1) is 42.1 Å². The van der Waals surface area contributed by atoms with Crippen LogP contribution < -0.4 is 28.1 Å². The van der Waals surface area contributed by atoms with Crippen LogP contribution >= 0.6 is 34.8 Å². The van der Waals surface area contributed by atoms with Crippen molar-refractivity contribution in [2.75, 3.05) is 10.2 Å². The van der Waals surface area contributed by atoms with E-state index >= 15 is 0 Å². The number of quaternary nitrogens is 1. The molecule has 0 atom stereocenters. The number of halogens is 4. The van der Waals surface area contributed by atoms with E-state index in [2.05, 4.69) is 6.07 Å². The topological polar surface area (TPSA) is 93.4 Å². The molecule has 192 valence electrons. The second-order valence-corrected chi connectivity index (χ2v) is 11.1. The fourth-order valence-corrected chi connectivity index (χ4v) is 5.58. The van der Waals surface area contributed by atoms with Gasteiger partial charge in [0, 0.05) is 0 Å². The van der Waals surface area contributed by atoms with Crippen LogP contribution in [0.3, 0.4) is 0 Å². The van der Waals surface area contributed by atoms with Crippen molar-refractivity contribution in [2.45, 2.75) is 9.79 Å². The van der Waals surface area contributed by atoms with Gasteiger partial charge in [-0.15, -0.1) is 10.2 Å². The van der Waals surface area contributed by atoms with Crippen LogP contribution in [0.15, 0.2) is 106 Å². The van der Waals surface area contributed by atoms with E-state index in [1.54, 1.807) is 107 Å². The molecule has 4 aromatic carbocycles. The Labute approximate surface area is 240 Å². The first-order valence-corrected chi connectivity index (χ1v) is 13.5. The summed E-state index contributed by atoms with van der Waals surface area (Å²) in [6, 6.07) is 26.8. The Morgan fingerprint density at radius 2 is 1.47 bits per heavy atom. The first kappa shape index (κ1) is 27.7. The SMILES string of the molecule is N#Cc1ccc(N2N=C(c3ccc(Cl)c(Cl)c3)[NH2+]N2c2ccc(S(=O)(=O)c3ccccc3)cc2)c(Cl)c1.[Cl-]. The molecule has 4 aromatic rings. The number of hydrazone groups is 1. The fourth-order valence-electron chi connectivity index (χ4n) is 3.74. The average molecular weight is 605 g/mol. The summed E-state index contributed by atoms with van der Waals surface area (Å²) < 4.78 is 26.1. The molecule has 0 fully saturated rings. The van der Waals surface area contributed by atoms with E-state index in [1.807, 2.05) is 0 Å². The molecule has 1 heterocycles. The van der Waals surface area contributed by atoms with Gasteiger partial charge in [0.1, 0.15) is 11.4 Å². The van der Waals surface area contributed by atoms with E-state index in [0.29, 0.717) is 37.8 Å². The molecule has 0 amide bonds. The first-order chi connectivity index (χ1) is 17.8. The van der Waals surface area contributed by atoms with Crippen molar-refractivity contribution in [2.24, 2.45) is 5.10 Å². The highest BCUT2D eigenvalue weighted by Crippen LogP contribution is 2.32. The first-order valence-electron chi connectivity index (χ1n) is 10.9. The summed E-state index contributed by atoms with van der Waals surface area (Å²) in [6.45, 7) is 0.